The van der Waals surface area contributed by atoms with Gasteiger partial charge in [-0.2, -0.15) is 0 Å². The summed E-state index contributed by atoms with van der Waals surface area (Å²) in [6.07, 6.45) is 13.6. The molecule has 0 radical (unpaired) electrons. The van der Waals surface area contributed by atoms with Crippen molar-refractivity contribution in [2.45, 2.75) is 131 Å². The highest BCUT2D eigenvalue weighted by molar-refractivity contribution is 9.15. The van der Waals surface area contributed by atoms with E-state index < -0.39 is 31.2 Å². The molecule has 1 atom stereocenters. The molecule has 6 heterocycles. The van der Waals surface area contributed by atoms with E-state index in [2.05, 4.69) is 135 Å². The molecule has 6 fully saturated rings. The lowest BCUT2D eigenvalue weighted by Crippen LogP contribution is -2.43. The molecule has 1 unspecified atom stereocenters. The second kappa shape index (κ2) is 54.7. The van der Waals surface area contributed by atoms with E-state index in [-0.39, 0.29) is 33.0 Å². The molecule has 3 N–H and O–H groups in total. The molecule has 116 heavy (non-hydrogen) atoms. The van der Waals surface area contributed by atoms with Gasteiger partial charge in [0.15, 0.2) is 0 Å². The summed E-state index contributed by atoms with van der Waals surface area (Å²) >= 11 is 19.6. The summed E-state index contributed by atoms with van der Waals surface area (Å²) in [6.45, 7) is 22.2. The maximum atomic E-state index is 11.6. The van der Waals surface area contributed by atoms with Crippen LogP contribution in [0.15, 0.2) is 132 Å². The van der Waals surface area contributed by atoms with Crippen molar-refractivity contribution in [3.05, 3.63) is 188 Å². The van der Waals surface area contributed by atoms with Crippen molar-refractivity contribution in [1.29, 1.82) is 0 Å². The van der Waals surface area contributed by atoms with Crippen molar-refractivity contribution in [1.82, 2.24) is 29.7 Å². The Bertz CT molecular complexity index is 3960. The first-order chi connectivity index (χ1) is 54.7. The molecule has 0 saturated carbocycles. The summed E-state index contributed by atoms with van der Waals surface area (Å²) in [5.41, 5.74) is 9.81. The number of carbonyl (C=O) groups is 9. The first-order valence-corrected chi connectivity index (χ1v) is 45.4. The van der Waals surface area contributed by atoms with Crippen LogP contribution in [0, 0.1) is 0 Å². The molecule has 5 aromatic carbocycles. The Balaban J connectivity index is 0.000000345. The number of carboxylic acids is 1. The fourth-order valence-electron chi connectivity index (χ4n) is 11.8. The van der Waals surface area contributed by atoms with Crippen LogP contribution in [0.4, 0.5) is 4.79 Å². The first-order valence-electron chi connectivity index (χ1n) is 38.6. The van der Waals surface area contributed by atoms with E-state index in [0.29, 0.717) is 64.2 Å². The van der Waals surface area contributed by atoms with Crippen molar-refractivity contribution < 1.29 is 81.5 Å². The standard InChI is InChI=1S/C15H19Br2NO2.C15H19NO2.C14H16BrNO2.C11H15O3P.C9H9BrO2.C6H12BNO2.C6H11NO.C5H9ClO2.C5H9NO/c1-18-9-7-15(17,8-10-18)13(16)11-3-5-12(6-4-11)14(19)20-2;1-16-9-7-13(8-10-16)11-12-3-5-14(6-4-12)15(17)18-2;1-16-8-6-11(7-9-16)13(15)10-2-4-12(5-3-10)14(17)18;1-14-11(12)10-6-4-9(5-7-10)8-15(2,3)13;1-12-9(11)8-4-2-7(6-10)3-5-8;1-7(10)8-4-2-6(9)3-5-8;1-7-4-2-6(8)3-5-7;1-5(2,3)8-4(6)7;7-5-1-3-6-4-2-5/h3-6,13H,7-10H2,1-2H3;3-6,11H,7-10H2,1-2H3;2-5H,6-9H2,1H3,(H,17,18);4-7H,8H2,1-3H3;2-5H,6H2,1H3;10H,2-5H2,1H3;2-5H2,1H3;1-3H3;6H,1-4H2. The number of halogens is 5. The van der Waals surface area contributed by atoms with Gasteiger partial charge in [-0.1, -0.05) is 142 Å². The zero-order chi connectivity index (χ0) is 86.7. The van der Waals surface area contributed by atoms with Crippen molar-refractivity contribution in [2.75, 3.05) is 148 Å². The van der Waals surface area contributed by atoms with Gasteiger partial charge >= 0.3 is 42.3 Å². The Morgan fingerprint density at radius 2 is 0.888 bits per heavy atom. The van der Waals surface area contributed by atoms with E-state index in [4.69, 9.17) is 26.5 Å². The molecule has 0 aromatic heterocycles. The molecular formula is C86H119BBr4ClN6O17P. The number of likely N-dealkylation sites (tertiary alicyclic amines) is 4. The molecular weight excluding hydrogens is 1790 g/mol. The number of methoxy groups -OCH3 is 4. The van der Waals surface area contributed by atoms with Crippen molar-refractivity contribution in [3.63, 3.8) is 0 Å². The van der Waals surface area contributed by atoms with Gasteiger partial charge < -0.3 is 68.1 Å². The van der Waals surface area contributed by atoms with Gasteiger partial charge in [0.1, 0.15) is 23.0 Å². The minimum absolute atomic E-state index is 0.0757. The van der Waals surface area contributed by atoms with E-state index in [1.165, 1.54) is 45.1 Å². The number of hydrogen-bond donors (Lipinski definition) is 3. The van der Waals surface area contributed by atoms with Gasteiger partial charge in [-0.05, 0) is 222 Å². The maximum absolute atomic E-state index is 11.6. The minimum atomic E-state index is -2.05. The fraction of sp³-hybridized carbons (Fsp3) is 0.500. The number of carbonyl (C=O) groups excluding carboxylic acids is 8. The Morgan fingerprint density at radius 1 is 0.543 bits per heavy atom. The number of carboxylic acid groups (broad SMARTS) is 1. The minimum Gasteiger partial charge on any atom is -0.478 e. The number of nitrogens with one attached hydrogen (secondary N) is 1. The number of hydrogen-bond acceptors (Lipinski definition) is 22. The normalized spacial score (nSPS) is 16.7. The number of esters is 4. The third kappa shape index (κ3) is 42.5. The number of rotatable bonds is 13. The average molecular weight is 1910 g/mol. The van der Waals surface area contributed by atoms with Crippen LogP contribution in [-0.4, -0.2) is 253 Å². The van der Waals surface area contributed by atoms with Crippen LogP contribution in [0.1, 0.15) is 182 Å². The van der Waals surface area contributed by atoms with E-state index in [0.717, 1.165) is 175 Å². The number of piperidine rings is 6. The molecule has 638 valence electrons. The zero-order valence-corrected chi connectivity index (χ0v) is 77.7. The Labute approximate surface area is 726 Å². The van der Waals surface area contributed by atoms with Crippen molar-refractivity contribution in [2.24, 2.45) is 0 Å². The predicted molar refractivity (Wildman–Crippen MR) is 478 cm³/mol. The smallest absolute Gasteiger partial charge is 0.404 e. The molecule has 6 saturated heterocycles. The van der Waals surface area contributed by atoms with Crippen LogP contribution in [0.2, 0.25) is 6.82 Å². The first kappa shape index (κ1) is 104. The predicted octanol–water partition coefficient (Wildman–Crippen LogP) is 16.7. The highest BCUT2D eigenvalue weighted by Gasteiger charge is 2.38. The lowest BCUT2D eigenvalue weighted by Gasteiger charge is -2.39. The highest BCUT2D eigenvalue weighted by Crippen LogP contribution is 2.47. The second-order valence-electron chi connectivity index (χ2n) is 30.2. The van der Waals surface area contributed by atoms with Crippen LogP contribution in [0.5, 0.6) is 0 Å². The summed E-state index contributed by atoms with van der Waals surface area (Å²) in [7, 11) is 11.6. The third-order valence-corrected chi connectivity index (χ3v) is 25.1. The van der Waals surface area contributed by atoms with Crippen LogP contribution >= 0.6 is 82.5 Å². The number of benzene rings is 5. The lowest BCUT2D eigenvalue weighted by atomic mass is 9.83. The summed E-state index contributed by atoms with van der Waals surface area (Å²) in [5, 5.41) is 21.8. The Kier molecular flexibility index (Phi) is 49.0. The molecule has 0 spiro atoms. The number of ketones is 3. The van der Waals surface area contributed by atoms with Crippen LogP contribution in [-0.2, 0) is 54.1 Å². The van der Waals surface area contributed by atoms with Crippen molar-refractivity contribution >= 4 is 153 Å². The quantitative estimate of drug-likeness (QED) is 0.0246. The average Bonchev–Trinajstić information content (AvgIpc) is 0.808. The number of Topliss-reactive ketones (excluding diaryl/α,β-unsaturated/α-hetero) is 3. The lowest BCUT2D eigenvalue weighted by molar-refractivity contribution is -0.121. The van der Waals surface area contributed by atoms with Gasteiger partial charge in [0.2, 0.25) is 0 Å². The largest absolute Gasteiger partial charge is 0.478 e. The van der Waals surface area contributed by atoms with Crippen LogP contribution in [0.3, 0.4) is 0 Å². The summed E-state index contributed by atoms with van der Waals surface area (Å²) in [6, 6.07) is 36.5. The second-order valence-corrected chi connectivity index (χ2v) is 37.8. The van der Waals surface area contributed by atoms with E-state index >= 15 is 0 Å². The van der Waals surface area contributed by atoms with Gasteiger partial charge in [0.05, 0.1) is 68.2 Å². The fourth-order valence-corrected chi connectivity index (χ4v) is 15.5. The number of nitrogens with zero attached hydrogens (tertiary/aromatic N) is 5. The van der Waals surface area contributed by atoms with E-state index in [9.17, 15) is 47.7 Å². The number of ether oxygens (including phenoxy) is 5. The molecule has 0 amide bonds. The molecule has 6 aliphatic heterocycles. The van der Waals surface area contributed by atoms with Gasteiger partial charge in [-0.15, -0.1) is 0 Å². The number of alkyl halides is 3. The van der Waals surface area contributed by atoms with E-state index in [1.54, 1.807) is 77.3 Å². The summed E-state index contributed by atoms with van der Waals surface area (Å²) in [5.74, 6) is -0.971. The third-order valence-electron chi connectivity index (χ3n) is 19.0. The van der Waals surface area contributed by atoms with Crippen LogP contribution in [0.25, 0.3) is 10.6 Å². The monoisotopic (exact) mass is 1900 g/mol. The zero-order valence-electron chi connectivity index (χ0n) is 69.8. The van der Waals surface area contributed by atoms with Gasteiger partial charge in [-0.25, -0.2) is 28.8 Å². The Hall–Kier alpha value is -6.37. The molecule has 30 heteroatoms. The summed E-state index contributed by atoms with van der Waals surface area (Å²) < 4.78 is 35.9. The molecule has 11 rings (SSSR count). The molecule has 23 nitrogen and oxygen atoms in total. The molecule has 0 aliphatic carbocycles. The van der Waals surface area contributed by atoms with Gasteiger partial charge in [0.25, 0.3) is 0 Å². The maximum Gasteiger partial charge on any atom is 0.404 e. The Morgan fingerprint density at radius 3 is 1.22 bits per heavy atom. The number of aromatic carboxylic acids is 1. The van der Waals surface area contributed by atoms with E-state index in [1.807, 2.05) is 96.8 Å². The van der Waals surface area contributed by atoms with Gasteiger partial charge in [-0.3, -0.25) is 14.4 Å². The summed E-state index contributed by atoms with van der Waals surface area (Å²) in [4.78, 5) is 109. The highest BCUT2D eigenvalue weighted by atomic mass is 79.9. The van der Waals surface area contributed by atoms with Crippen LogP contribution < -0.4 is 5.32 Å². The SMILES string of the molecule is CB(O)N1CCC(=O)CC1.CC(C)(C)OC(=O)Cl.CN1CCC(=C(Br)c2ccc(C(=O)O)cc2)CC1.CN1CCC(=O)CC1.COC(=O)c1ccc(C(Br)C2(Br)CCN(C)CC2)cc1.COC(=O)c1ccc(C=C2CCN(C)CC2)cc1.COC(=O)c1ccc(CBr)cc1.COC(=O)c1ccc(CP(C)(C)=O)cc1.O=C1CCNCC1. The molecule has 6 aliphatic rings. The topological polar surface area (TPSA) is 286 Å². The van der Waals surface area contributed by atoms with Gasteiger partial charge in [0, 0.05) is 123 Å². The van der Waals surface area contributed by atoms with Crippen molar-refractivity contribution in [3.8, 4) is 0 Å². The molecule has 5 aromatic rings. The molecule has 0 bridgehead atoms.